The van der Waals surface area contributed by atoms with Crippen LogP contribution in [0.2, 0.25) is 0 Å². The molecule has 0 spiro atoms. The summed E-state index contributed by atoms with van der Waals surface area (Å²) < 4.78 is 36.7. The third kappa shape index (κ3) is 8.35. The Balaban J connectivity index is 2.30. The van der Waals surface area contributed by atoms with Gasteiger partial charge < -0.3 is 20.1 Å². The van der Waals surface area contributed by atoms with E-state index in [0.29, 0.717) is 32.3 Å². The Kier molecular flexibility index (Phi) is 9.70. The Morgan fingerprint density at radius 1 is 1.17 bits per heavy atom. The highest BCUT2D eigenvalue weighted by Gasteiger charge is 2.04. The van der Waals surface area contributed by atoms with Crippen molar-refractivity contribution in [3.63, 3.8) is 0 Å². The largest absolute Gasteiger partial charge is 0.489 e. The topological polar surface area (TPSA) is 54.9 Å². The molecule has 0 atom stereocenters. The number of rotatable bonds is 10. The zero-order chi connectivity index (χ0) is 16.9. The molecule has 0 aliphatic rings. The first-order valence-electron chi connectivity index (χ1n) is 7.85. The van der Waals surface area contributed by atoms with E-state index in [0.717, 1.165) is 25.1 Å². The minimum Gasteiger partial charge on any atom is -0.489 e. The van der Waals surface area contributed by atoms with Crippen LogP contribution in [0.15, 0.2) is 23.2 Å². The molecule has 1 aromatic rings. The van der Waals surface area contributed by atoms with Gasteiger partial charge in [0.05, 0.1) is 6.54 Å². The summed E-state index contributed by atoms with van der Waals surface area (Å²) in [6, 6.07) is 3.24. The van der Waals surface area contributed by atoms with Gasteiger partial charge in [0.25, 0.3) is 0 Å². The van der Waals surface area contributed by atoms with Gasteiger partial charge in [0, 0.05) is 32.4 Å². The quantitative estimate of drug-likeness (QED) is 0.393. The Bertz CT molecular complexity index is 484. The van der Waals surface area contributed by atoms with Gasteiger partial charge in [-0.1, -0.05) is 0 Å². The van der Waals surface area contributed by atoms with E-state index in [1.807, 2.05) is 13.8 Å². The fourth-order valence-corrected chi connectivity index (χ4v) is 1.77. The first kappa shape index (κ1) is 19.2. The van der Waals surface area contributed by atoms with Crippen molar-refractivity contribution in [2.75, 3.05) is 39.5 Å². The summed E-state index contributed by atoms with van der Waals surface area (Å²) in [7, 11) is 0. The average Bonchev–Trinajstić information content (AvgIpc) is 2.52. The van der Waals surface area contributed by atoms with E-state index in [-0.39, 0.29) is 12.4 Å². The minimum atomic E-state index is -0.707. The Morgan fingerprint density at radius 2 is 2.00 bits per heavy atom. The highest BCUT2D eigenvalue weighted by Crippen LogP contribution is 2.17. The van der Waals surface area contributed by atoms with E-state index in [2.05, 4.69) is 15.6 Å². The number of aliphatic imine (C=N–C) groups is 1. The van der Waals surface area contributed by atoms with Gasteiger partial charge in [-0.2, -0.15) is 0 Å². The highest BCUT2D eigenvalue weighted by molar-refractivity contribution is 5.79. The molecule has 0 saturated carbocycles. The first-order valence-corrected chi connectivity index (χ1v) is 7.85. The van der Waals surface area contributed by atoms with Crippen LogP contribution >= 0.6 is 0 Å². The SMILES string of the molecule is CCNC(=NCCCOCC)NCCOc1ccc(F)cc1F. The molecule has 130 valence electrons. The average molecular weight is 329 g/mol. The Labute approximate surface area is 136 Å². The zero-order valence-corrected chi connectivity index (χ0v) is 13.7. The van der Waals surface area contributed by atoms with Crippen LogP contribution in [0.25, 0.3) is 0 Å². The second-order valence-corrected chi connectivity index (χ2v) is 4.66. The Hall–Kier alpha value is -1.89. The van der Waals surface area contributed by atoms with Crippen molar-refractivity contribution in [2.45, 2.75) is 20.3 Å². The number of nitrogens with one attached hydrogen (secondary N) is 2. The van der Waals surface area contributed by atoms with Crippen LogP contribution < -0.4 is 15.4 Å². The van der Waals surface area contributed by atoms with Crippen molar-refractivity contribution in [3.8, 4) is 5.75 Å². The van der Waals surface area contributed by atoms with Gasteiger partial charge in [0.2, 0.25) is 0 Å². The van der Waals surface area contributed by atoms with Crippen molar-refractivity contribution in [3.05, 3.63) is 29.8 Å². The number of halogens is 2. The van der Waals surface area contributed by atoms with Crippen LogP contribution in [0.5, 0.6) is 5.75 Å². The summed E-state index contributed by atoms with van der Waals surface area (Å²) in [6.45, 7) is 7.42. The van der Waals surface area contributed by atoms with Gasteiger partial charge in [0.15, 0.2) is 17.5 Å². The summed E-state index contributed by atoms with van der Waals surface area (Å²) in [4.78, 5) is 4.39. The highest BCUT2D eigenvalue weighted by atomic mass is 19.1. The number of hydrogen-bond acceptors (Lipinski definition) is 3. The lowest BCUT2D eigenvalue weighted by molar-refractivity contribution is 0.146. The molecule has 1 rings (SSSR count). The van der Waals surface area contributed by atoms with Crippen LogP contribution in [0.1, 0.15) is 20.3 Å². The summed E-state index contributed by atoms with van der Waals surface area (Å²) in [5.41, 5.74) is 0. The van der Waals surface area contributed by atoms with Crippen molar-refractivity contribution in [1.82, 2.24) is 10.6 Å². The molecule has 0 saturated heterocycles. The normalized spacial score (nSPS) is 11.4. The molecule has 0 aliphatic heterocycles. The van der Waals surface area contributed by atoms with E-state index >= 15 is 0 Å². The third-order valence-electron chi connectivity index (χ3n) is 2.81. The maximum atomic E-state index is 13.4. The molecule has 0 aromatic heterocycles. The molecule has 0 bridgehead atoms. The van der Waals surface area contributed by atoms with Gasteiger partial charge in [0.1, 0.15) is 12.4 Å². The van der Waals surface area contributed by atoms with Gasteiger partial charge in [-0.05, 0) is 32.4 Å². The predicted octanol–water partition coefficient (Wildman–Crippen LogP) is 2.33. The van der Waals surface area contributed by atoms with E-state index in [9.17, 15) is 8.78 Å². The predicted molar refractivity (Wildman–Crippen MR) is 86.9 cm³/mol. The number of benzene rings is 1. The van der Waals surface area contributed by atoms with Gasteiger partial charge in [-0.3, -0.25) is 4.99 Å². The maximum absolute atomic E-state index is 13.4. The first-order chi connectivity index (χ1) is 11.2. The van der Waals surface area contributed by atoms with E-state index < -0.39 is 11.6 Å². The lowest BCUT2D eigenvalue weighted by Crippen LogP contribution is -2.39. The molecule has 7 heteroatoms. The second-order valence-electron chi connectivity index (χ2n) is 4.66. The fraction of sp³-hybridized carbons (Fsp3) is 0.562. The summed E-state index contributed by atoms with van der Waals surface area (Å²) >= 11 is 0. The summed E-state index contributed by atoms with van der Waals surface area (Å²) in [5, 5.41) is 6.20. The van der Waals surface area contributed by atoms with Crippen LogP contribution in [0.3, 0.4) is 0 Å². The van der Waals surface area contributed by atoms with Gasteiger partial charge >= 0.3 is 0 Å². The number of hydrogen-bond donors (Lipinski definition) is 2. The molecule has 5 nitrogen and oxygen atoms in total. The van der Waals surface area contributed by atoms with Crippen LogP contribution in [-0.2, 0) is 4.74 Å². The standard InChI is InChI=1S/C16H25F2N3O2/c1-3-19-16(20-8-5-10-22-4-2)21-9-11-23-15-7-6-13(17)12-14(15)18/h6-7,12H,3-5,8-11H2,1-2H3,(H2,19,20,21). The molecule has 0 heterocycles. The lowest BCUT2D eigenvalue weighted by atomic mass is 10.3. The van der Waals surface area contributed by atoms with E-state index in [1.54, 1.807) is 0 Å². The second kappa shape index (κ2) is 11.6. The monoisotopic (exact) mass is 329 g/mol. The number of guanidine groups is 1. The van der Waals surface area contributed by atoms with Gasteiger partial charge in [-0.15, -0.1) is 0 Å². The van der Waals surface area contributed by atoms with Crippen molar-refractivity contribution >= 4 is 5.96 Å². The molecule has 0 unspecified atom stereocenters. The molecule has 1 aromatic carbocycles. The van der Waals surface area contributed by atoms with Crippen molar-refractivity contribution in [1.29, 1.82) is 0 Å². The van der Waals surface area contributed by atoms with E-state index in [4.69, 9.17) is 9.47 Å². The van der Waals surface area contributed by atoms with Crippen LogP contribution in [0.4, 0.5) is 8.78 Å². The summed E-state index contributed by atoms with van der Waals surface area (Å²) in [5.74, 6) is -0.623. The fourth-order valence-electron chi connectivity index (χ4n) is 1.77. The van der Waals surface area contributed by atoms with Crippen molar-refractivity contribution in [2.24, 2.45) is 4.99 Å². The minimum absolute atomic E-state index is 0.0341. The Morgan fingerprint density at radius 3 is 2.70 bits per heavy atom. The molecular formula is C16H25F2N3O2. The molecule has 23 heavy (non-hydrogen) atoms. The van der Waals surface area contributed by atoms with Crippen LogP contribution in [-0.4, -0.2) is 45.4 Å². The van der Waals surface area contributed by atoms with Crippen molar-refractivity contribution < 1.29 is 18.3 Å². The number of nitrogens with zero attached hydrogens (tertiary/aromatic N) is 1. The number of ether oxygens (including phenoxy) is 2. The molecule has 0 amide bonds. The smallest absolute Gasteiger partial charge is 0.191 e. The molecule has 2 N–H and O–H groups in total. The molecular weight excluding hydrogens is 304 g/mol. The van der Waals surface area contributed by atoms with Gasteiger partial charge in [-0.25, -0.2) is 8.78 Å². The zero-order valence-electron chi connectivity index (χ0n) is 13.7. The molecule has 0 radical (unpaired) electrons. The van der Waals surface area contributed by atoms with Crippen LogP contribution in [0, 0.1) is 11.6 Å². The molecule has 0 aliphatic carbocycles. The molecule has 0 fully saturated rings. The summed E-state index contributed by atoms with van der Waals surface area (Å²) in [6.07, 6.45) is 0.849. The maximum Gasteiger partial charge on any atom is 0.191 e. The lowest BCUT2D eigenvalue weighted by Gasteiger charge is -2.12. The van der Waals surface area contributed by atoms with E-state index in [1.165, 1.54) is 6.07 Å². The third-order valence-corrected chi connectivity index (χ3v) is 2.81.